The van der Waals surface area contributed by atoms with Gasteiger partial charge in [0.2, 0.25) is 0 Å². The zero-order valence-electron chi connectivity index (χ0n) is 52.7. The molecule has 0 aromatic carbocycles. The van der Waals surface area contributed by atoms with Gasteiger partial charge in [0.1, 0.15) is 13.2 Å². The fourth-order valence-electron chi connectivity index (χ4n) is 8.54. The van der Waals surface area contributed by atoms with Crippen LogP contribution in [0.4, 0.5) is 0 Å². The van der Waals surface area contributed by atoms with Gasteiger partial charge >= 0.3 is 17.9 Å². The Morgan fingerprint density at radius 3 is 0.756 bits per heavy atom. The van der Waals surface area contributed by atoms with Crippen LogP contribution in [-0.2, 0) is 28.6 Å². The molecule has 82 heavy (non-hydrogen) atoms. The van der Waals surface area contributed by atoms with Gasteiger partial charge in [-0.2, -0.15) is 0 Å². The zero-order chi connectivity index (χ0) is 59.2. The Morgan fingerprint density at radius 1 is 0.256 bits per heavy atom. The third-order valence-corrected chi connectivity index (χ3v) is 13.4. The standard InChI is InChI=1S/C76H120O6/c1-4-7-10-13-16-19-22-25-27-29-31-33-35-36-37-38-39-40-42-43-45-47-49-51-54-57-60-63-66-69-75(78)81-72-73(71-80-74(77)68-65-62-59-56-53-24-21-18-15-12-9-6-3)82-76(79)70-67-64-61-58-55-52-50-48-46-44-41-34-32-30-28-26-23-20-17-14-11-8-5-2/h7-8,10-11,16-21,25-28,31-34,36-37,39-40,43-46,49,51,73H,4-6,9,12-15,22-24,29-30,35,38,41-42,47-48,50,52-72H2,1-3H3/b10-7-,11-8-,19-16-,20-17-,21-18-,27-25-,28-26-,33-31-,34-32-,37-36-,40-39-,45-43-,46-44-,51-49-. The van der Waals surface area contributed by atoms with E-state index in [1.54, 1.807) is 0 Å². The van der Waals surface area contributed by atoms with Gasteiger partial charge in [-0.05, 0) is 154 Å². The molecule has 1 unspecified atom stereocenters. The molecule has 6 heteroatoms. The van der Waals surface area contributed by atoms with Gasteiger partial charge in [-0.15, -0.1) is 0 Å². The third kappa shape index (κ3) is 65.6. The number of unbranched alkanes of at least 4 members (excludes halogenated alkanes) is 19. The molecule has 0 aliphatic heterocycles. The molecular weight excluding hydrogens is 1010 g/mol. The van der Waals surface area contributed by atoms with E-state index in [0.717, 1.165) is 180 Å². The van der Waals surface area contributed by atoms with E-state index in [9.17, 15) is 14.4 Å². The van der Waals surface area contributed by atoms with Gasteiger partial charge in [-0.1, -0.05) is 268 Å². The highest BCUT2D eigenvalue weighted by Gasteiger charge is 2.19. The molecule has 0 aromatic rings. The molecule has 0 heterocycles. The van der Waals surface area contributed by atoms with Crippen LogP contribution in [-0.4, -0.2) is 37.2 Å². The Balaban J connectivity index is 4.42. The summed E-state index contributed by atoms with van der Waals surface area (Å²) in [4.78, 5) is 38.3. The van der Waals surface area contributed by atoms with Crippen LogP contribution in [0.2, 0.25) is 0 Å². The number of allylic oxidation sites excluding steroid dienone is 28. The van der Waals surface area contributed by atoms with Gasteiger partial charge in [0.05, 0.1) is 0 Å². The van der Waals surface area contributed by atoms with Gasteiger partial charge in [-0.25, -0.2) is 0 Å². The lowest BCUT2D eigenvalue weighted by Crippen LogP contribution is -2.30. The molecule has 0 N–H and O–H groups in total. The minimum atomic E-state index is -0.809. The SMILES string of the molecule is CC/C=C\C/C=C\C/C=C\C/C=C\C/C=C\C/C=C\C/C=C\C/C=C\CCCCCCC(=O)OCC(COC(=O)CCCCCCC/C=C\CCCCC)OC(=O)CCCCCCCCC/C=C\C/C=C\C/C=C\C/C=C\C/C=C\CC. The number of hydrogen-bond acceptors (Lipinski definition) is 6. The minimum Gasteiger partial charge on any atom is -0.462 e. The summed E-state index contributed by atoms with van der Waals surface area (Å²) in [5, 5.41) is 0. The topological polar surface area (TPSA) is 78.9 Å². The first-order chi connectivity index (χ1) is 40.5. The first-order valence-corrected chi connectivity index (χ1v) is 33.1. The van der Waals surface area contributed by atoms with Crippen LogP contribution in [0, 0.1) is 0 Å². The van der Waals surface area contributed by atoms with E-state index < -0.39 is 6.10 Å². The average Bonchev–Trinajstić information content (AvgIpc) is 3.47. The van der Waals surface area contributed by atoms with Crippen molar-refractivity contribution < 1.29 is 28.6 Å². The van der Waals surface area contributed by atoms with Crippen LogP contribution < -0.4 is 0 Å². The summed E-state index contributed by atoms with van der Waals surface area (Å²) in [6, 6.07) is 0. The predicted octanol–water partition coefficient (Wildman–Crippen LogP) is 23.0. The minimum absolute atomic E-state index is 0.102. The van der Waals surface area contributed by atoms with Crippen LogP contribution in [0.1, 0.15) is 271 Å². The third-order valence-electron chi connectivity index (χ3n) is 13.4. The highest BCUT2D eigenvalue weighted by molar-refractivity contribution is 5.71. The number of ether oxygens (including phenoxy) is 3. The van der Waals surface area contributed by atoms with Gasteiger partial charge in [0.15, 0.2) is 6.10 Å². The van der Waals surface area contributed by atoms with Crippen molar-refractivity contribution in [2.24, 2.45) is 0 Å². The second-order valence-corrected chi connectivity index (χ2v) is 21.3. The maximum Gasteiger partial charge on any atom is 0.306 e. The molecule has 6 nitrogen and oxygen atoms in total. The fourth-order valence-corrected chi connectivity index (χ4v) is 8.54. The fraction of sp³-hybridized carbons (Fsp3) is 0.592. The van der Waals surface area contributed by atoms with Crippen LogP contribution in [0.5, 0.6) is 0 Å². The summed E-state index contributed by atoms with van der Waals surface area (Å²) in [7, 11) is 0. The molecular formula is C76H120O6. The zero-order valence-corrected chi connectivity index (χ0v) is 52.7. The highest BCUT2D eigenvalue weighted by atomic mass is 16.6. The summed E-state index contributed by atoms with van der Waals surface area (Å²) >= 11 is 0. The van der Waals surface area contributed by atoms with E-state index in [2.05, 4.69) is 191 Å². The molecule has 0 rings (SSSR count). The molecule has 0 saturated heterocycles. The largest absolute Gasteiger partial charge is 0.462 e. The summed E-state index contributed by atoms with van der Waals surface area (Å²) in [5.74, 6) is -0.952. The van der Waals surface area contributed by atoms with E-state index in [1.807, 2.05) is 0 Å². The van der Waals surface area contributed by atoms with Gasteiger partial charge < -0.3 is 14.2 Å². The summed E-state index contributed by atoms with van der Waals surface area (Å²) < 4.78 is 16.9. The average molecular weight is 1130 g/mol. The molecule has 0 fully saturated rings. The maximum absolute atomic E-state index is 12.9. The molecule has 460 valence electrons. The second-order valence-electron chi connectivity index (χ2n) is 21.3. The Morgan fingerprint density at radius 2 is 0.476 bits per heavy atom. The summed E-state index contributed by atoms with van der Waals surface area (Å²) in [6.07, 6.45) is 101. The van der Waals surface area contributed by atoms with E-state index in [1.165, 1.54) is 51.4 Å². The lowest BCUT2D eigenvalue weighted by molar-refractivity contribution is -0.167. The summed E-state index contributed by atoms with van der Waals surface area (Å²) in [5.41, 5.74) is 0. The molecule has 0 aliphatic carbocycles. The first kappa shape index (κ1) is 76.8. The van der Waals surface area contributed by atoms with Crippen LogP contribution >= 0.6 is 0 Å². The number of rotatable bonds is 58. The number of hydrogen-bond donors (Lipinski definition) is 0. The van der Waals surface area contributed by atoms with Gasteiger partial charge in [0.25, 0.3) is 0 Å². The Hall–Kier alpha value is -5.23. The van der Waals surface area contributed by atoms with Crippen LogP contribution in [0.25, 0.3) is 0 Å². The van der Waals surface area contributed by atoms with Crippen molar-refractivity contribution in [3.8, 4) is 0 Å². The van der Waals surface area contributed by atoms with Crippen molar-refractivity contribution in [3.05, 3.63) is 170 Å². The van der Waals surface area contributed by atoms with E-state index in [4.69, 9.17) is 14.2 Å². The second kappa shape index (κ2) is 68.3. The van der Waals surface area contributed by atoms with Crippen molar-refractivity contribution in [1.82, 2.24) is 0 Å². The lowest BCUT2D eigenvalue weighted by atomic mass is 10.1. The molecule has 0 amide bonds. The molecule has 0 aliphatic rings. The monoisotopic (exact) mass is 1130 g/mol. The summed E-state index contributed by atoms with van der Waals surface area (Å²) in [6.45, 7) is 6.35. The van der Waals surface area contributed by atoms with Crippen molar-refractivity contribution >= 4 is 17.9 Å². The Labute approximate surface area is 504 Å². The Kier molecular flexibility index (Phi) is 63.9. The maximum atomic E-state index is 12.9. The predicted molar refractivity (Wildman–Crippen MR) is 357 cm³/mol. The van der Waals surface area contributed by atoms with Crippen LogP contribution in [0.15, 0.2) is 170 Å². The van der Waals surface area contributed by atoms with Crippen LogP contribution in [0.3, 0.4) is 0 Å². The van der Waals surface area contributed by atoms with Gasteiger partial charge in [0, 0.05) is 19.3 Å². The molecule has 0 radical (unpaired) electrons. The molecule has 0 aromatic heterocycles. The number of carbonyl (C=O) groups excluding carboxylic acids is 3. The highest BCUT2D eigenvalue weighted by Crippen LogP contribution is 2.14. The van der Waals surface area contributed by atoms with Crippen molar-refractivity contribution in [2.45, 2.75) is 277 Å². The van der Waals surface area contributed by atoms with Crippen molar-refractivity contribution in [2.75, 3.05) is 13.2 Å². The smallest absolute Gasteiger partial charge is 0.306 e. The molecule has 0 bridgehead atoms. The van der Waals surface area contributed by atoms with Gasteiger partial charge in [-0.3, -0.25) is 14.4 Å². The molecule has 0 saturated carbocycles. The van der Waals surface area contributed by atoms with Crippen molar-refractivity contribution in [3.63, 3.8) is 0 Å². The number of esters is 3. The quantitative estimate of drug-likeness (QED) is 0.0261. The van der Waals surface area contributed by atoms with Crippen molar-refractivity contribution in [1.29, 1.82) is 0 Å². The lowest BCUT2D eigenvalue weighted by Gasteiger charge is -2.18. The van der Waals surface area contributed by atoms with E-state index >= 15 is 0 Å². The molecule has 0 spiro atoms. The van der Waals surface area contributed by atoms with E-state index in [-0.39, 0.29) is 31.1 Å². The number of carbonyl (C=O) groups is 3. The first-order valence-electron chi connectivity index (χ1n) is 33.1. The Bertz CT molecular complexity index is 1870. The van der Waals surface area contributed by atoms with E-state index in [0.29, 0.717) is 19.3 Å². The normalized spacial score (nSPS) is 13.3. The molecule has 1 atom stereocenters.